The molecular formula is C24H32FN7O. The van der Waals surface area contributed by atoms with Gasteiger partial charge in [0.05, 0.1) is 16.8 Å². The number of aryl methyl sites for hydroxylation is 2. The number of primary amides is 1. The summed E-state index contributed by atoms with van der Waals surface area (Å²) >= 11 is 0. The second-order valence-electron chi connectivity index (χ2n) is 9.05. The summed E-state index contributed by atoms with van der Waals surface area (Å²) in [5, 5.41) is 11.9. The van der Waals surface area contributed by atoms with Crippen LogP contribution in [0.1, 0.15) is 55.6 Å². The van der Waals surface area contributed by atoms with Crippen molar-refractivity contribution >= 4 is 34.1 Å². The smallest absolute Gasteiger partial charge is 0.252 e. The topological polar surface area (TPSA) is 124 Å². The lowest BCUT2D eigenvalue weighted by atomic mass is 10.0. The number of fused-ring (bicyclic) bond motifs is 1. The average Bonchev–Trinajstić information content (AvgIpc) is 3.53. The molecule has 1 aliphatic carbocycles. The molecule has 6 N–H and O–H groups in total. The Hall–Kier alpha value is -3.20. The molecule has 1 amide bonds. The Bertz CT molecular complexity index is 1170. The van der Waals surface area contributed by atoms with E-state index in [1.165, 1.54) is 12.8 Å². The molecule has 1 aliphatic rings. The van der Waals surface area contributed by atoms with Crippen LogP contribution in [0.5, 0.6) is 0 Å². The van der Waals surface area contributed by atoms with Crippen molar-refractivity contribution in [2.45, 2.75) is 58.0 Å². The molecule has 176 valence electrons. The first-order chi connectivity index (χ1) is 15.8. The number of halogens is 1. The highest BCUT2D eigenvalue weighted by Crippen LogP contribution is 2.35. The Labute approximate surface area is 192 Å². The van der Waals surface area contributed by atoms with Crippen LogP contribution in [0, 0.1) is 11.7 Å². The number of amides is 1. The maximum Gasteiger partial charge on any atom is 0.252 e. The van der Waals surface area contributed by atoms with E-state index in [1.54, 1.807) is 0 Å². The van der Waals surface area contributed by atoms with Gasteiger partial charge in [0.1, 0.15) is 5.82 Å². The van der Waals surface area contributed by atoms with E-state index in [-0.39, 0.29) is 29.3 Å². The molecule has 3 aromatic rings. The lowest BCUT2D eigenvalue weighted by molar-refractivity contribution is 0.100. The highest BCUT2D eigenvalue weighted by molar-refractivity contribution is 5.99. The van der Waals surface area contributed by atoms with Crippen LogP contribution < -0.4 is 22.1 Å². The second kappa shape index (κ2) is 9.35. The summed E-state index contributed by atoms with van der Waals surface area (Å²) in [6.45, 7) is 4.00. The molecule has 0 spiro atoms. The van der Waals surface area contributed by atoms with Crippen LogP contribution in [0.3, 0.4) is 0 Å². The molecule has 9 heteroatoms. The maximum atomic E-state index is 14.8. The van der Waals surface area contributed by atoms with E-state index in [1.807, 2.05) is 36.9 Å². The quantitative estimate of drug-likeness (QED) is 0.370. The van der Waals surface area contributed by atoms with Crippen molar-refractivity contribution in [1.82, 2.24) is 14.8 Å². The number of benzene rings is 1. The Balaban J connectivity index is 1.67. The molecule has 0 aliphatic heterocycles. The highest BCUT2D eigenvalue weighted by atomic mass is 19.1. The van der Waals surface area contributed by atoms with Crippen molar-refractivity contribution in [2.24, 2.45) is 24.4 Å². The standard InChI is InChI=1S/C24H32FN7O/c1-4-5-19-16-11-15(8-9-21(16)32(3)31-19)28-23-17(22(27)33)12-18(25)24(30-23)29-20(13(2)26)10-14-6-7-14/h8-9,11-14,20H,4-7,10,26H2,1-3H3,(H2,27,33)(H2,28,29,30)/t13-,20+/m0/s1. The van der Waals surface area contributed by atoms with Gasteiger partial charge < -0.3 is 22.1 Å². The maximum absolute atomic E-state index is 14.8. The summed E-state index contributed by atoms with van der Waals surface area (Å²) in [7, 11) is 1.91. The first kappa shape index (κ1) is 23.0. The number of aromatic nitrogens is 3. The van der Waals surface area contributed by atoms with Gasteiger partial charge in [-0.3, -0.25) is 9.48 Å². The summed E-state index contributed by atoms with van der Waals surface area (Å²) in [5.41, 5.74) is 14.4. The van der Waals surface area contributed by atoms with Crippen molar-refractivity contribution in [3.8, 4) is 0 Å². The van der Waals surface area contributed by atoms with Gasteiger partial charge >= 0.3 is 0 Å². The predicted molar refractivity (Wildman–Crippen MR) is 129 cm³/mol. The number of nitrogens with two attached hydrogens (primary N) is 2. The van der Waals surface area contributed by atoms with Crippen molar-refractivity contribution in [3.05, 3.63) is 41.3 Å². The summed E-state index contributed by atoms with van der Waals surface area (Å²) in [6, 6.07) is 6.63. The van der Waals surface area contributed by atoms with E-state index in [2.05, 4.69) is 27.6 Å². The number of rotatable bonds is 10. The van der Waals surface area contributed by atoms with Gasteiger partial charge in [-0.05, 0) is 49.9 Å². The lowest BCUT2D eigenvalue weighted by Crippen LogP contribution is -2.39. The summed E-state index contributed by atoms with van der Waals surface area (Å²) < 4.78 is 16.7. The Morgan fingerprint density at radius 3 is 2.70 bits per heavy atom. The number of hydrogen-bond donors (Lipinski definition) is 4. The van der Waals surface area contributed by atoms with E-state index < -0.39 is 11.7 Å². The van der Waals surface area contributed by atoms with E-state index in [9.17, 15) is 9.18 Å². The van der Waals surface area contributed by atoms with Gasteiger partial charge in [0, 0.05) is 30.2 Å². The molecule has 1 fully saturated rings. The van der Waals surface area contributed by atoms with Gasteiger partial charge in [-0.2, -0.15) is 5.10 Å². The molecule has 0 bridgehead atoms. The Kier molecular flexibility index (Phi) is 6.51. The monoisotopic (exact) mass is 453 g/mol. The number of carbonyl (C=O) groups is 1. The molecule has 8 nitrogen and oxygen atoms in total. The average molecular weight is 454 g/mol. The number of pyridine rings is 1. The fourth-order valence-corrected chi connectivity index (χ4v) is 4.14. The molecule has 4 rings (SSSR count). The third kappa shape index (κ3) is 5.08. The third-order valence-corrected chi connectivity index (χ3v) is 6.16. The third-order valence-electron chi connectivity index (χ3n) is 6.16. The van der Waals surface area contributed by atoms with Gasteiger partial charge in [0.25, 0.3) is 5.91 Å². The number of anilines is 3. The fourth-order valence-electron chi connectivity index (χ4n) is 4.14. The molecule has 1 aromatic carbocycles. The number of carbonyl (C=O) groups excluding carboxylic acids is 1. The van der Waals surface area contributed by atoms with Gasteiger partial charge in [0.2, 0.25) is 0 Å². The number of hydrogen-bond acceptors (Lipinski definition) is 6. The first-order valence-electron chi connectivity index (χ1n) is 11.5. The largest absolute Gasteiger partial charge is 0.365 e. The SMILES string of the molecule is CCCc1nn(C)c2ccc(Nc3nc(N[C@H](CC4CC4)[C@H](C)N)c(F)cc3C(N)=O)cc12. The lowest BCUT2D eigenvalue weighted by Gasteiger charge is -2.24. The molecule has 2 aromatic heterocycles. The molecule has 2 heterocycles. The van der Waals surface area contributed by atoms with Gasteiger partial charge in [-0.15, -0.1) is 0 Å². The normalized spacial score (nSPS) is 15.4. The minimum atomic E-state index is -0.758. The number of nitrogens with zero attached hydrogens (tertiary/aromatic N) is 3. The summed E-state index contributed by atoms with van der Waals surface area (Å²) in [4.78, 5) is 16.4. The summed E-state index contributed by atoms with van der Waals surface area (Å²) in [6.07, 6.45) is 5.04. The molecule has 1 saturated carbocycles. The zero-order chi connectivity index (χ0) is 23.7. The molecule has 0 saturated heterocycles. The molecule has 33 heavy (non-hydrogen) atoms. The Morgan fingerprint density at radius 1 is 1.30 bits per heavy atom. The zero-order valence-corrected chi connectivity index (χ0v) is 19.4. The van der Waals surface area contributed by atoms with Crippen LogP contribution >= 0.6 is 0 Å². The van der Waals surface area contributed by atoms with Gasteiger partial charge in [-0.25, -0.2) is 9.37 Å². The van der Waals surface area contributed by atoms with E-state index in [0.29, 0.717) is 11.6 Å². The minimum absolute atomic E-state index is 0.0161. The second-order valence-corrected chi connectivity index (χ2v) is 9.05. The van der Waals surface area contributed by atoms with Gasteiger partial charge in [0.15, 0.2) is 11.6 Å². The molecule has 0 unspecified atom stereocenters. The molecular weight excluding hydrogens is 421 g/mol. The van der Waals surface area contributed by atoms with Crippen molar-refractivity contribution in [1.29, 1.82) is 0 Å². The minimum Gasteiger partial charge on any atom is -0.365 e. The number of nitrogens with one attached hydrogen (secondary N) is 2. The highest BCUT2D eigenvalue weighted by Gasteiger charge is 2.28. The van der Waals surface area contributed by atoms with Gasteiger partial charge in [-0.1, -0.05) is 26.2 Å². The van der Waals surface area contributed by atoms with Crippen molar-refractivity contribution < 1.29 is 9.18 Å². The first-order valence-corrected chi connectivity index (χ1v) is 11.5. The van der Waals surface area contributed by atoms with Crippen molar-refractivity contribution in [2.75, 3.05) is 10.6 Å². The Morgan fingerprint density at radius 2 is 2.06 bits per heavy atom. The predicted octanol–water partition coefficient (Wildman–Crippen LogP) is 3.83. The van der Waals surface area contributed by atoms with E-state index in [4.69, 9.17) is 11.5 Å². The van der Waals surface area contributed by atoms with Crippen LogP contribution in [-0.4, -0.2) is 32.8 Å². The van der Waals surface area contributed by atoms with E-state index >= 15 is 0 Å². The zero-order valence-electron chi connectivity index (χ0n) is 19.4. The summed E-state index contributed by atoms with van der Waals surface area (Å²) in [5.74, 6) is -0.529. The van der Waals surface area contributed by atoms with Crippen LogP contribution in [-0.2, 0) is 13.5 Å². The van der Waals surface area contributed by atoms with Crippen molar-refractivity contribution in [3.63, 3.8) is 0 Å². The fraction of sp³-hybridized carbons (Fsp3) is 0.458. The van der Waals surface area contributed by atoms with Crippen LogP contribution in [0.25, 0.3) is 10.9 Å². The van der Waals surface area contributed by atoms with Crippen LogP contribution in [0.2, 0.25) is 0 Å². The molecule has 2 atom stereocenters. The van der Waals surface area contributed by atoms with Crippen LogP contribution in [0.4, 0.5) is 21.7 Å². The molecule has 0 radical (unpaired) electrons. The van der Waals surface area contributed by atoms with E-state index in [0.717, 1.165) is 41.9 Å². The van der Waals surface area contributed by atoms with Crippen LogP contribution in [0.15, 0.2) is 24.3 Å².